The van der Waals surface area contributed by atoms with Crippen LogP contribution in [0.3, 0.4) is 0 Å². The molecule has 0 saturated carbocycles. The third-order valence-electron chi connectivity index (χ3n) is 4.42. The van der Waals surface area contributed by atoms with E-state index < -0.39 is 0 Å². The number of aryl methyl sites for hydroxylation is 1. The Bertz CT molecular complexity index is 709. The van der Waals surface area contributed by atoms with Crippen LogP contribution >= 0.6 is 0 Å². The second-order valence-electron chi connectivity index (χ2n) is 6.29. The lowest BCUT2D eigenvalue weighted by atomic mass is 10.1. The first kappa shape index (κ1) is 16.3. The summed E-state index contributed by atoms with van der Waals surface area (Å²) in [6.45, 7) is 4.62. The van der Waals surface area contributed by atoms with Crippen LogP contribution in [0.2, 0.25) is 0 Å². The van der Waals surface area contributed by atoms with Crippen molar-refractivity contribution >= 4 is 11.8 Å². The molecule has 2 heterocycles. The van der Waals surface area contributed by atoms with Crippen LogP contribution in [0.5, 0.6) is 0 Å². The highest BCUT2D eigenvalue weighted by atomic mass is 16.2. The van der Waals surface area contributed by atoms with E-state index >= 15 is 0 Å². The van der Waals surface area contributed by atoms with Crippen LogP contribution in [0, 0.1) is 6.92 Å². The number of rotatable bonds is 3. The molecular weight excluding hydrogens is 302 g/mol. The fraction of sp³-hybridized carbons (Fsp3) is 0.368. The topological polar surface area (TPSA) is 56.4 Å². The van der Waals surface area contributed by atoms with Crippen LogP contribution in [-0.2, 0) is 11.2 Å². The van der Waals surface area contributed by atoms with Gasteiger partial charge >= 0.3 is 0 Å². The minimum atomic E-state index is 0.0317. The molecule has 0 unspecified atom stereocenters. The third kappa shape index (κ3) is 3.85. The van der Waals surface area contributed by atoms with Gasteiger partial charge in [0.2, 0.25) is 5.91 Å². The van der Waals surface area contributed by atoms with Gasteiger partial charge in [-0.25, -0.2) is 0 Å². The second-order valence-corrected chi connectivity index (χ2v) is 6.29. The highest BCUT2D eigenvalue weighted by Crippen LogP contribution is 2.11. The van der Waals surface area contributed by atoms with Crippen LogP contribution < -0.4 is 0 Å². The molecule has 1 aromatic heterocycles. The smallest absolute Gasteiger partial charge is 0.255 e. The van der Waals surface area contributed by atoms with Crippen LogP contribution in [0.25, 0.3) is 0 Å². The van der Waals surface area contributed by atoms with E-state index in [0.29, 0.717) is 38.2 Å². The zero-order valence-corrected chi connectivity index (χ0v) is 14.0. The first-order valence-corrected chi connectivity index (χ1v) is 8.39. The Labute approximate surface area is 142 Å². The van der Waals surface area contributed by atoms with E-state index in [1.807, 2.05) is 34.9 Å². The van der Waals surface area contributed by atoms with Crippen molar-refractivity contribution in [3.63, 3.8) is 0 Å². The van der Waals surface area contributed by atoms with E-state index in [1.165, 1.54) is 5.56 Å². The molecule has 1 aromatic carbocycles. The molecule has 2 aromatic rings. The molecule has 1 aliphatic heterocycles. The molecule has 1 saturated heterocycles. The Balaban J connectivity index is 1.59. The summed E-state index contributed by atoms with van der Waals surface area (Å²) in [4.78, 5) is 31.6. The summed E-state index contributed by atoms with van der Waals surface area (Å²) < 4.78 is 0. The number of carbonyl (C=O) groups excluding carboxylic acids is 2. The molecule has 2 amide bonds. The summed E-state index contributed by atoms with van der Waals surface area (Å²) in [6, 6.07) is 9.85. The van der Waals surface area contributed by atoms with Crippen LogP contribution in [0.4, 0.5) is 0 Å². The van der Waals surface area contributed by atoms with Crippen LogP contribution in [0.1, 0.15) is 27.9 Å². The van der Waals surface area contributed by atoms with E-state index in [1.54, 1.807) is 18.5 Å². The third-order valence-corrected chi connectivity index (χ3v) is 4.42. The minimum Gasteiger partial charge on any atom is -0.367 e. The Morgan fingerprint density at radius 3 is 2.62 bits per heavy atom. The van der Waals surface area contributed by atoms with Gasteiger partial charge in [0.1, 0.15) is 0 Å². The van der Waals surface area contributed by atoms with Gasteiger partial charge in [0, 0.05) is 38.6 Å². The van der Waals surface area contributed by atoms with Gasteiger partial charge in [0.15, 0.2) is 0 Å². The van der Waals surface area contributed by atoms with Crippen molar-refractivity contribution < 1.29 is 9.59 Å². The first-order valence-electron chi connectivity index (χ1n) is 8.39. The predicted molar refractivity (Wildman–Crippen MR) is 92.8 cm³/mol. The fourth-order valence-corrected chi connectivity index (χ4v) is 3.12. The number of aromatic nitrogens is 1. The summed E-state index contributed by atoms with van der Waals surface area (Å²) in [7, 11) is 0. The van der Waals surface area contributed by atoms with Gasteiger partial charge in [-0.2, -0.15) is 0 Å². The Kier molecular flexibility index (Phi) is 4.99. The molecule has 0 atom stereocenters. The molecular formula is C19H23N3O2. The van der Waals surface area contributed by atoms with E-state index in [9.17, 15) is 9.59 Å². The summed E-state index contributed by atoms with van der Waals surface area (Å²) in [6.07, 6.45) is 4.71. The Morgan fingerprint density at radius 1 is 1.08 bits per heavy atom. The van der Waals surface area contributed by atoms with E-state index in [0.717, 1.165) is 12.0 Å². The van der Waals surface area contributed by atoms with Gasteiger partial charge in [-0.05, 0) is 25.0 Å². The number of hydrogen-bond donors (Lipinski definition) is 1. The molecule has 0 bridgehead atoms. The zero-order chi connectivity index (χ0) is 16.9. The van der Waals surface area contributed by atoms with Gasteiger partial charge in [0.05, 0.1) is 12.0 Å². The number of benzene rings is 1. The molecule has 1 fully saturated rings. The van der Waals surface area contributed by atoms with Crippen LogP contribution in [-0.4, -0.2) is 52.8 Å². The highest BCUT2D eigenvalue weighted by molar-refractivity contribution is 5.94. The monoisotopic (exact) mass is 325 g/mol. The van der Waals surface area contributed by atoms with Gasteiger partial charge in [-0.3, -0.25) is 9.59 Å². The maximum Gasteiger partial charge on any atom is 0.255 e. The van der Waals surface area contributed by atoms with Crippen LogP contribution in [0.15, 0.2) is 42.7 Å². The van der Waals surface area contributed by atoms with Crippen molar-refractivity contribution in [2.45, 2.75) is 19.8 Å². The summed E-state index contributed by atoms with van der Waals surface area (Å²) in [5.41, 5.74) is 2.89. The van der Waals surface area contributed by atoms with E-state index in [4.69, 9.17) is 0 Å². The van der Waals surface area contributed by atoms with Crippen molar-refractivity contribution in [3.05, 3.63) is 59.4 Å². The largest absolute Gasteiger partial charge is 0.367 e. The maximum atomic E-state index is 12.6. The molecule has 0 radical (unpaired) electrons. The number of carbonyl (C=O) groups is 2. The minimum absolute atomic E-state index is 0.0317. The molecule has 126 valence electrons. The highest BCUT2D eigenvalue weighted by Gasteiger charge is 2.23. The molecule has 3 rings (SSSR count). The fourth-order valence-electron chi connectivity index (χ4n) is 3.12. The standard InChI is InChI=1S/C19H23N3O2/c1-15-4-2-5-16(12-15)13-18(23)21-8-3-9-22(11-10-21)19(24)17-6-7-20-14-17/h2,4-7,12,14,20H,3,8-11,13H2,1H3. The number of amides is 2. The van der Waals surface area contributed by atoms with Crippen molar-refractivity contribution in [1.29, 1.82) is 0 Å². The lowest BCUT2D eigenvalue weighted by Gasteiger charge is -2.22. The number of H-pyrrole nitrogens is 1. The van der Waals surface area contributed by atoms with Crippen molar-refractivity contribution in [2.75, 3.05) is 26.2 Å². The summed E-state index contributed by atoms with van der Waals surface area (Å²) >= 11 is 0. The maximum absolute atomic E-state index is 12.6. The molecule has 1 N–H and O–H groups in total. The number of hydrogen-bond acceptors (Lipinski definition) is 2. The zero-order valence-electron chi connectivity index (χ0n) is 14.0. The van der Waals surface area contributed by atoms with Crippen molar-refractivity contribution in [3.8, 4) is 0 Å². The first-order chi connectivity index (χ1) is 11.6. The molecule has 5 nitrogen and oxygen atoms in total. The number of nitrogens with one attached hydrogen (secondary N) is 1. The summed E-state index contributed by atoms with van der Waals surface area (Å²) in [5.74, 6) is 0.167. The molecule has 0 aliphatic carbocycles. The number of nitrogens with zero attached hydrogens (tertiary/aromatic N) is 2. The van der Waals surface area contributed by atoms with Gasteiger partial charge in [-0.15, -0.1) is 0 Å². The Morgan fingerprint density at radius 2 is 1.88 bits per heavy atom. The van der Waals surface area contributed by atoms with E-state index in [-0.39, 0.29) is 11.8 Å². The van der Waals surface area contributed by atoms with Crippen molar-refractivity contribution in [1.82, 2.24) is 14.8 Å². The quantitative estimate of drug-likeness (QED) is 0.941. The van der Waals surface area contributed by atoms with Crippen molar-refractivity contribution in [2.24, 2.45) is 0 Å². The lowest BCUT2D eigenvalue weighted by molar-refractivity contribution is -0.130. The molecule has 24 heavy (non-hydrogen) atoms. The molecule has 5 heteroatoms. The predicted octanol–water partition coefficient (Wildman–Crippen LogP) is 2.24. The normalized spacial score (nSPS) is 15.2. The number of aromatic amines is 1. The van der Waals surface area contributed by atoms with E-state index in [2.05, 4.69) is 11.1 Å². The van der Waals surface area contributed by atoms with Gasteiger partial charge in [0.25, 0.3) is 5.91 Å². The summed E-state index contributed by atoms with van der Waals surface area (Å²) in [5, 5.41) is 0. The molecule has 1 aliphatic rings. The molecule has 0 spiro atoms. The average molecular weight is 325 g/mol. The van der Waals surface area contributed by atoms with Gasteiger partial charge < -0.3 is 14.8 Å². The Hall–Kier alpha value is -2.56. The lowest BCUT2D eigenvalue weighted by Crippen LogP contribution is -2.37. The average Bonchev–Trinajstić information content (AvgIpc) is 2.98. The SMILES string of the molecule is Cc1cccc(CC(=O)N2CCCN(C(=O)c3cc[nH]c3)CC2)c1. The van der Waals surface area contributed by atoms with Gasteiger partial charge in [-0.1, -0.05) is 29.8 Å². The second kappa shape index (κ2) is 7.34.